The smallest absolute Gasteiger partial charge is 0.357 e. The summed E-state index contributed by atoms with van der Waals surface area (Å²) >= 11 is 0. The first-order valence-corrected chi connectivity index (χ1v) is 3.36. The number of aromatic nitrogens is 1. The maximum atomic E-state index is 11.0. The maximum Gasteiger partial charge on any atom is 0.357 e. The predicted molar refractivity (Wildman–Crippen MR) is 40.6 cm³/mol. The fourth-order valence-electron chi connectivity index (χ4n) is 0.667. The normalized spacial score (nSPS) is 9.00. The SMILES string of the molecule is O=CCOC(=O)c1ccccn1. The lowest BCUT2D eigenvalue weighted by atomic mass is 10.4. The number of ether oxygens (including phenoxy) is 1. The molecule has 0 spiro atoms. The number of aldehydes is 1. The second-order valence-electron chi connectivity index (χ2n) is 1.98. The fraction of sp³-hybridized carbons (Fsp3) is 0.125. The van der Waals surface area contributed by atoms with Crippen LogP contribution in [0.1, 0.15) is 10.5 Å². The van der Waals surface area contributed by atoms with Crippen molar-refractivity contribution >= 4 is 12.3 Å². The average molecular weight is 165 g/mol. The summed E-state index contributed by atoms with van der Waals surface area (Å²) < 4.78 is 4.51. The van der Waals surface area contributed by atoms with Crippen LogP contribution in [-0.4, -0.2) is 23.8 Å². The van der Waals surface area contributed by atoms with E-state index < -0.39 is 5.97 Å². The summed E-state index contributed by atoms with van der Waals surface area (Å²) in [7, 11) is 0. The van der Waals surface area contributed by atoms with Crippen LogP contribution in [0.5, 0.6) is 0 Å². The maximum absolute atomic E-state index is 11.0. The number of hydrogen-bond donors (Lipinski definition) is 0. The van der Waals surface area contributed by atoms with Gasteiger partial charge in [0.15, 0.2) is 6.29 Å². The molecule has 62 valence electrons. The van der Waals surface area contributed by atoms with Crippen molar-refractivity contribution in [2.24, 2.45) is 0 Å². The fourth-order valence-corrected chi connectivity index (χ4v) is 0.667. The number of esters is 1. The van der Waals surface area contributed by atoms with E-state index in [1.807, 2.05) is 0 Å². The van der Waals surface area contributed by atoms with Gasteiger partial charge in [0.2, 0.25) is 0 Å². The van der Waals surface area contributed by atoms with E-state index >= 15 is 0 Å². The molecule has 0 radical (unpaired) electrons. The van der Waals surface area contributed by atoms with Crippen molar-refractivity contribution in [2.45, 2.75) is 0 Å². The molecule has 0 aliphatic carbocycles. The van der Waals surface area contributed by atoms with Crippen molar-refractivity contribution in [3.05, 3.63) is 30.1 Å². The van der Waals surface area contributed by atoms with Gasteiger partial charge in [0.05, 0.1) is 0 Å². The topological polar surface area (TPSA) is 56.3 Å². The Bertz CT molecular complexity index is 271. The Balaban J connectivity index is 2.59. The van der Waals surface area contributed by atoms with E-state index in [0.29, 0.717) is 6.29 Å². The summed E-state index contributed by atoms with van der Waals surface area (Å²) in [5.74, 6) is -0.581. The Morgan fingerprint density at radius 2 is 2.42 bits per heavy atom. The number of carbonyl (C=O) groups excluding carboxylic acids is 2. The minimum absolute atomic E-state index is 0.208. The third-order valence-corrected chi connectivity index (χ3v) is 1.16. The standard InChI is InChI=1S/C8H7NO3/c10-5-6-12-8(11)7-3-1-2-4-9-7/h1-5H,6H2. The highest BCUT2D eigenvalue weighted by molar-refractivity contribution is 5.87. The van der Waals surface area contributed by atoms with Crippen LogP contribution in [0.2, 0.25) is 0 Å². The summed E-state index contributed by atoms with van der Waals surface area (Å²) in [6.45, 7) is -0.227. The Morgan fingerprint density at radius 3 is 3.00 bits per heavy atom. The molecule has 0 fully saturated rings. The highest BCUT2D eigenvalue weighted by Crippen LogP contribution is 1.95. The second-order valence-corrected chi connectivity index (χ2v) is 1.98. The Labute approximate surface area is 69.2 Å². The number of carbonyl (C=O) groups is 2. The lowest BCUT2D eigenvalue weighted by Gasteiger charge is -1.97. The monoisotopic (exact) mass is 165 g/mol. The molecular formula is C8H7NO3. The largest absolute Gasteiger partial charge is 0.453 e. The lowest BCUT2D eigenvalue weighted by Crippen LogP contribution is -2.08. The van der Waals surface area contributed by atoms with Crippen molar-refractivity contribution in [1.29, 1.82) is 0 Å². The Hall–Kier alpha value is -1.71. The zero-order valence-electron chi connectivity index (χ0n) is 6.27. The van der Waals surface area contributed by atoms with E-state index in [1.165, 1.54) is 12.3 Å². The van der Waals surface area contributed by atoms with Gasteiger partial charge in [-0.25, -0.2) is 9.78 Å². The molecule has 0 saturated heterocycles. The average Bonchev–Trinajstić information content (AvgIpc) is 2.15. The van der Waals surface area contributed by atoms with E-state index in [0.717, 1.165) is 0 Å². The molecule has 12 heavy (non-hydrogen) atoms. The van der Waals surface area contributed by atoms with Crippen LogP contribution >= 0.6 is 0 Å². The van der Waals surface area contributed by atoms with Gasteiger partial charge >= 0.3 is 5.97 Å². The van der Waals surface area contributed by atoms with Crippen LogP contribution in [0.15, 0.2) is 24.4 Å². The third-order valence-electron chi connectivity index (χ3n) is 1.16. The number of hydrogen-bond acceptors (Lipinski definition) is 4. The van der Waals surface area contributed by atoms with Crippen molar-refractivity contribution in [1.82, 2.24) is 4.98 Å². The van der Waals surface area contributed by atoms with Crippen LogP contribution in [-0.2, 0) is 9.53 Å². The first kappa shape index (κ1) is 8.39. The van der Waals surface area contributed by atoms with E-state index in [1.54, 1.807) is 12.1 Å². The third kappa shape index (κ3) is 2.16. The molecule has 0 amide bonds. The first-order chi connectivity index (χ1) is 5.84. The van der Waals surface area contributed by atoms with Crippen molar-refractivity contribution in [2.75, 3.05) is 6.61 Å². The van der Waals surface area contributed by atoms with Gasteiger partial charge in [0, 0.05) is 6.20 Å². The summed E-state index contributed by atoms with van der Waals surface area (Å²) in [6.07, 6.45) is 2.00. The number of pyridine rings is 1. The van der Waals surface area contributed by atoms with Crippen LogP contribution in [0.4, 0.5) is 0 Å². The van der Waals surface area contributed by atoms with Gasteiger partial charge in [-0.15, -0.1) is 0 Å². The molecule has 0 aliphatic heterocycles. The molecule has 0 aliphatic rings. The minimum Gasteiger partial charge on any atom is -0.453 e. The van der Waals surface area contributed by atoms with Gasteiger partial charge in [-0.3, -0.25) is 4.79 Å². The van der Waals surface area contributed by atoms with Crippen molar-refractivity contribution < 1.29 is 14.3 Å². The van der Waals surface area contributed by atoms with Crippen LogP contribution in [0, 0.1) is 0 Å². The summed E-state index contributed by atoms with van der Waals surface area (Å²) in [5, 5.41) is 0. The zero-order chi connectivity index (χ0) is 8.81. The highest BCUT2D eigenvalue weighted by atomic mass is 16.5. The molecule has 1 aromatic heterocycles. The van der Waals surface area contributed by atoms with E-state index in [4.69, 9.17) is 0 Å². The molecular weight excluding hydrogens is 158 g/mol. The molecule has 1 heterocycles. The van der Waals surface area contributed by atoms with Crippen molar-refractivity contribution in [3.63, 3.8) is 0 Å². The molecule has 4 nitrogen and oxygen atoms in total. The molecule has 0 bridgehead atoms. The minimum atomic E-state index is -0.581. The van der Waals surface area contributed by atoms with Crippen LogP contribution in [0.25, 0.3) is 0 Å². The van der Waals surface area contributed by atoms with E-state index in [-0.39, 0.29) is 12.3 Å². The van der Waals surface area contributed by atoms with Crippen LogP contribution < -0.4 is 0 Å². The number of rotatable bonds is 3. The summed E-state index contributed by atoms with van der Waals surface area (Å²) in [5.41, 5.74) is 0.208. The quantitative estimate of drug-likeness (QED) is 0.481. The Morgan fingerprint density at radius 1 is 1.58 bits per heavy atom. The van der Waals surface area contributed by atoms with Gasteiger partial charge in [-0.1, -0.05) is 6.07 Å². The van der Waals surface area contributed by atoms with E-state index in [2.05, 4.69) is 9.72 Å². The van der Waals surface area contributed by atoms with Gasteiger partial charge in [-0.2, -0.15) is 0 Å². The molecule has 1 aromatic rings. The molecule has 0 N–H and O–H groups in total. The van der Waals surface area contributed by atoms with Crippen LogP contribution in [0.3, 0.4) is 0 Å². The Kier molecular flexibility index (Phi) is 2.95. The summed E-state index contributed by atoms with van der Waals surface area (Å²) in [4.78, 5) is 24.5. The van der Waals surface area contributed by atoms with Gasteiger partial charge < -0.3 is 4.74 Å². The van der Waals surface area contributed by atoms with E-state index in [9.17, 15) is 9.59 Å². The van der Waals surface area contributed by atoms with Gasteiger partial charge in [0.1, 0.15) is 12.3 Å². The highest BCUT2D eigenvalue weighted by Gasteiger charge is 2.05. The second kappa shape index (κ2) is 4.23. The number of nitrogens with zero attached hydrogens (tertiary/aromatic N) is 1. The molecule has 0 saturated carbocycles. The van der Waals surface area contributed by atoms with Crippen molar-refractivity contribution in [3.8, 4) is 0 Å². The molecule has 0 aromatic carbocycles. The zero-order valence-corrected chi connectivity index (χ0v) is 6.27. The van der Waals surface area contributed by atoms with Gasteiger partial charge in [0.25, 0.3) is 0 Å². The lowest BCUT2D eigenvalue weighted by molar-refractivity contribution is -0.110. The first-order valence-electron chi connectivity index (χ1n) is 3.36. The predicted octanol–water partition coefficient (Wildman–Crippen LogP) is 0.437. The summed E-state index contributed by atoms with van der Waals surface area (Å²) in [6, 6.07) is 4.88. The molecule has 1 rings (SSSR count). The molecule has 0 unspecified atom stereocenters. The molecule has 4 heteroatoms. The van der Waals surface area contributed by atoms with Gasteiger partial charge in [-0.05, 0) is 12.1 Å². The molecule has 0 atom stereocenters.